The molecule has 2 saturated heterocycles. The zero-order valence-electron chi connectivity index (χ0n) is 13.3. The Morgan fingerprint density at radius 3 is 3.26 bits per heavy atom. The molecule has 0 saturated carbocycles. The molecule has 2 aliphatic rings. The summed E-state index contributed by atoms with van der Waals surface area (Å²) < 4.78 is 14.3. The molecule has 2 aromatic rings. The number of hydrogen-bond acceptors (Lipinski definition) is 5. The van der Waals surface area contributed by atoms with E-state index in [-0.39, 0.29) is 11.7 Å². The average molecular weight is 333 g/mol. The van der Waals surface area contributed by atoms with E-state index in [0.29, 0.717) is 6.61 Å². The molecule has 0 N–H and O–H groups in total. The Balaban J connectivity index is 1.40. The molecule has 0 aromatic carbocycles. The molecule has 23 heavy (non-hydrogen) atoms. The third kappa shape index (κ3) is 3.66. The number of aromatic nitrogens is 2. The molecular formula is C17H23N3O2S. The van der Waals surface area contributed by atoms with Gasteiger partial charge in [0.25, 0.3) is 0 Å². The summed E-state index contributed by atoms with van der Waals surface area (Å²) >= 11 is 1.76. The van der Waals surface area contributed by atoms with Crippen molar-refractivity contribution in [2.75, 3.05) is 26.3 Å². The highest BCUT2D eigenvalue weighted by molar-refractivity contribution is 7.07. The molecular weight excluding hydrogens is 310 g/mol. The normalized spacial score (nSPS) is 29.1. The molecule has 4 rings (SSSR count). The van der Waals surface area contributed by atoms with Crippen LogP contribution in [0.25, 0.3) is 0 Å². The molecule has 6 heteroatoms. The van der Waals surface area contributed by atoms with Gasteiger partial charge in [0.1, 0.15) is 5.60 Å². The van der Waals surface area contributed by atoms with Crippen LogP contribution in [-0.2, 0) is 22.6 Å². The molecule has 0 unspecified atom stereocenters. The maximum atomic E-state index is 6.47. The highest BCUT2D eigenvalue weighted by Gasteiger charge is 2.43. The molecule has 124 valence electrons. The van der Waals surface area contributed by atoms with Crippen LogP contribution in [0.3, 0.4) is 0 Å². The zero-order chi connectivity index (χ0) is 15.5. The number of rotatable bonds is 4. The highest BCUT2D eigenvalue weighted by atomic mass is 32.1. The van der Waals surface area contributed by atoms with E-state index >= 15 is 0 Å². The SMILES string of the molecule is c1cnn(C[C@H]2CC[C@]3(COCCN(Cc4ccsc4)C3)O2)c1. The second kappa shape index (κ2) is 6.73. The van der Waals surface area contributed by atoms with E-state index in [1.165, 1.54) is 5.56 Å². The van der Waals surface area contributed by atoms with Crippen LogP contribution in [0.5, 0.6) is 0 Å². The molecule has 5 nitrogen and oxygen atoms in total. The predicted molar refractivity (Wildman–Crippen MR) is 89.5 cm³/mol. The maximum Gasteiger partial charge on any atom is 0.105 e. The summed E-state index contributed by atoms with van der Waals surface area (Å²) in [7, 11) is 0. The van der Waals surface area contributed by atoms with Gasteiger partial charge in [-0.1, -0.05) is 0 Å². The van der Waals surface area contributed by atoms with Crippen LogP contribution >= 0.6 is 11.3 Å². The first kappa shape index (κ1) is 15.3. The maximum absolute atomic E-state index is 6.47. The van der Waals surface area contributed by atoms with Crippen molar-refractivity contribution in [3.05, 3.63) is 40.8 Å². The minimum Gasteiger partial charge on any atom is -0.377 e. The lowest BCUT2D eigenvalue weighted by Crippen LogP contribution is -2.44. The Morgan fingerprint density at radius 1 is 1.43 bits per heavy atom. The predicted octanol–water partition coefficient (Wildman–Crippen LogP) is 2.39. The highest BCUT2D eigenvalue weighted by Crippen LogP contribution is 2.34. The van der Waals surface area contributed by atoms with Gasteiger partial charge in [-0.25, -0.2) is 0 Å². The number of nitrogens with zero attached hydrogens (tertiary/aromatic N) is 3. The van der Waals surface area contributed by atoms with Crippen LogP contribution < -0.4 is 0 Å². The van der Waals surface area contributed by atoms with E-state index in [1.54, 1.807) is 11.3 Å². The lowest BCUT2D eigenvalue weighted by molar-refractivity contribution is -0.0904. The average Bonchev–Trinajstić information content (AvgIpc) is 3.25. The molecule has 0 amide bonds. The lowest BCUT2D eigenvalue weighted by Gasteiger charge is -2.31. The third-order valence-electron chi connectivity index (χ3n) is 4.70. The summed E-state index contributed by atoms with van der Waals surface area (Å²) in [5, 5.41) is 8.67. The Morgan fingerprint density at radius 2 is 2.43 bits per heavy atom. The first-order chi connectivity index (χ1) is 11.3. The molecule has 4 heterocycles. The molecule has 0 radical (unpaired) electrons. The molecule has 1 spiro atoms. The van der Waals surface area contributed by atoms with Gasteiger partial charge in [0.15, 0.2) is 0 Å². The van der Waals surface area contributed by atoms with Crippen molar-refractivity contribution in [2.45, 2.75) is 37.6 Å². The number of hydrogen-bond donors (Lipinski definition) is 0. The topological polar surface area (TPSA) is 39.5 Å². The fourth-order valence-electron chi connectivity index (χ4n) is 3.62. The number of ether oxygens (including phenoxy) is 2. The molecule has 0 bridgehead atoms. The van der Waals surface area contributed by atoms with Crippen LogP contribution in [0.15, 0.2) is 35.3 Å². The van der Waals surface area contributed by atoms with Gasteiger partial charge in [0, 0.05) is 32.0 Å². The first-order valence-electron chi connectivity index (χ1n) is 8.28. The standard InChI is InChI=1S/C17H23N3O2S/c1-5-18-20(6-1)11-16-2-4-17(22-16)13-19(7-8-21-14-17)10-15-3-9-23-12-15/h1,3,5-6,9,12,16H,2,4,7-8,10-11,13-14H2/t16-,17+/m1/s1. The van der Waals surface area contributed by atoms with Crippen molar-refractivity contribution in [3.63, 3.8) is 0 Å². The summed E-state index contributed by atoms with van der Waals surface area (Å²) in [6.07, 6.45) is 6.21. The Kier molecular flexibility index (Phi) is 4.48. The summed E-state index contributed by atoms with van der Waals surface area (Å²) in [5.74, 6) is 0. The van der Waals surface area contributed by atoms with Crippen LogP contribution in [0.4, 0.5) is 0 Å². The van der Waals surface area contributed by atoms with Crippen molar-refractivity contribution >= 4 is 11.3 Å². The Labute approximate surface area is 140 Å². The minimum atomic E-state index is -0.148. The van der Waals surface area contributed by atoms with E-state index in [9.17, 15) is 0 Å². The van der Waals surface area contributed by atoms with E-state index < -0.39 is 0 Å². The van der Waals surface area contributed by atoms with E-state index in [4.69, 9.17) is 9.47 Å². The van der Waals surface area contributed by atoms with Crippen molar-refractivity contribution in [1.82, 2.24) is 14.7 Å². The van der Waals surface area contributed by atoms with Crippen LogP contribution in [0.1, 0.15) is 18.4 Å². The Bertz CT molecular complexity index is 601. The van der Waals surface area contributed by atoms with Gasteiger partial charge in [0.2, 0.25) is 0 Å². The molecule has 2 fully saturated rings. The van der Waals surface area contributed by atoms with Gasteiger partial charge in [-0.05, 0) is 41.3 Å². The van der Waals surface area contributed by atoms with Gasteiger partial charge in [-0.3, -0.25) is 9.58 Å². The molecule has 2 atom stereocenters. The second-order valence-corrected chi connectivity index (χ2v) is 7.36. The van der Waals surface area contributed by atoms with Gasteiger partial charge in [-0.2, -0.15) is 16.4 Å². The smallest absolute Gasteiger partial charge is 0.105 e. The molecule has 2 aliphatic heterocycles. The van der Waals surface area contributed by atoms with Gasteiger partial charge in [-0.15, -0.1) is 0 Å². The van der Waals surface area contributed by atoms with E-state index in [2.05, 4.69) is 26.8 Å². The third-order valence-corrected chi connectivity index (χ3v) is 5.44. The van der Waals surface area contributed by atoms with Crippen LogP contribution in [0.2, 0.25) is 0 Å². The summed E-state index contributed by atoms with van der Waals surface area (Å²) in [6.45, 7) is 5.26. The van der Waals surface area contributed by atoms with Crippen LogP contribution in [-0.4, -0.2) is 52.7 Å². The monoisotopic (exact) mass is 333 g/mol. The summed E-state index contributed by atoms with van der Waals surface area (Å²) in [5.41, 5.74) is 1.24. The fourth-order valence-corrected chi connectivity index (χ4v) is 4.28. The van der Waals surface area contributed by atoms with Crippen molar-refractivity contribution < 1.29 is 9.47 Å². The quantitative estimate of drug-likeness (QED) is 0.861. The van der Waals surface area contributed by atoms with Crippen molar-refractivity contribution in [2.24, 2.45) is 0 Å². The second-order valence-electron chi connectivity index (χ2n) is 6.58. The summed E-state index contributed by atoms with van der Waals surface area (Å²) in [6, 6.07) is 4.17. The largest absolute Gasteiger partial charge is 0.377 e. The Hall–Kier alpha value is -1.21. The van der Waals surface area contributed by atoms with Crippen LogP contribution in [0, 0.1) is 0 Å². The zero-order valence-corrected chi connectivity index (χ0v) is 14.1. The molecule has 0 aliphatic carbocycles. The first-order valence-corrected chi connectivity index (χ1v) is 9.22. The van der Waals surface area contributed by atoms with E-state index in [0.717, 1.165) is 45.6 Å². The van der Waals surface area contributed by atoms with Gasteiger partial charge in [0.05, 0.1) is 25.9 Å². The van der Waals surface area contributed by atoms with Crippen molar-refractivity contribution in [3.8, 4) is 0 Å². The minimum absolute atomic E-state index is 0.148. The van der Waals surface area contributed by atoms with Crippen molar-refractivity contribution in [1.29, 1.82) is 0 Å². The fraction of sp³-hybridized carbons (Fsp3) is 0.588. The summed E-state index contributed by atoms with van der Waals surface area (Å²) in [4.78, 5) is 2.48. The lowest BCUT2D eigenvalue weighted by atomic mass is 10.00. The molecule has 2 aromatic heterocycles. The van der Waals surface area contributed by atoms with Gasteiger partial charge >= 0.3 is 0 Å². The number of thiophene rings is 1. The van der Waals surface area contributed by atoms with Gasteiger partial charge < -0.3 is 9.47 Å². The van der Waals surface area contributed by atoms with E-state index in [1.807, 2.05) is 23.1 Å².